The monoisotopic (exact) mass is 276 g/mol. The SMILES string of the molecule is Cc1ncnc(N2CCOC3(CCN(C)CC3)C2)c1C. The van der Waals surface area contributed by atoms with Crippen molar-refractivity contribution in [3.05, 3.63) is 17.6 Å². The van der Waals surface area contributed by atoms with Gasteiger partial charge in [0.15, 0.2) is 0 Å². The highest BCUT2D eigenvalue weighted by Crippen LogP contribution is 2.32. The zero-order valence-electron chi connectivity index (χ0n) is 12.7. The van der Waals surface area contributed by atoms with Gasteiger partial charge in [-0.25, -0.2) is 9.97 Å². The van der Waals surface area contributed by atoms with Crippen LogP contribution in [0.25, 0.3) is 0 Å². The lowest BCUT2D eigenvalue weighted by Gasteiger charge is -2.47. The normalized spacial score (nSPS) is 23.2. The van der Waals surface area contributed by atoms with E-state index < -0.39 is 0 Å². The summed E-state index contributed by atoms with van der Waals surface area (Å²) in [5.41, 5.74) is 2.28. The number of piperidine rings is 1. The number of morpholine rings is 1. The summed E-state index contributed by atoms with van der Waals surface area (Å²) in [6, 6.07) is 0. The maximum atomic E-state index is 6.16. The Labute approximate surface area is 121 Å². The molecule has 2 aliphatic heterocycles. The minimum Gasteiger partial charge on any atom is -0.371 e. The average Bonchev–Trinajstić information content (AvgIpc) is 2.46. The van der Waals surface area contributed by atoms with Gasteiger partial charge in [-0.3, -0.25) is 0 Å². The van der Waals surface area contributed by atoms with Crippen molar-refractivity contribution in [1.29, 1.82) is 0 Å². The molecule has 0 aliphatic carbocycles. The highest BCUT2D eigenvalue weighted by Gasteiger charge is 2.39. The summed E-state index contributed by atoms with van der Waals surface area (Å²) in [5, 5.41) is 0. The molecule has 1 aromatic heterocycles. The fraction of sp³-hybridized carbons (Fsp3) is 0.733. The second-order valence-electron chi connectivity index (χ2n) is 6.16. The van der Waals surface area contributed by atoms with E-state index in [0.29, 0.717) is 0 Å². The van der Waals surface area contributed by atoms with Gasteiger partial charge in [0.05, 0.1) is 12.2 Å². The molecular weight excluding hydrogens is 252 g/mol. The molecule has 3 heterocycles. The standard InChI is InChI=1S/C15H24N4O/c1-12-13(2)16-11-17-14(12)19-8-9-20-15(10-19)4-6-18(3)7-5-15/h11H,4-10H2,1-3H3. The van der Waals surface area contributed by atoms with Gasteiger partial charge >= 0.3 is 0 Å². The molecule has 20 heavy (non-hydrogen) atoms. The Morgan fingerprint density at radius 3 is 2.65 bits per heavy atom. The van der Waals surface area contributed by atoms with Crippen molar-refractivity contribution in [2.75, 3.05) is 44.7 Å². The van der Waals surface area contributed by atoms with E-state index in [1.807, 2.05) is 6.92 Å². The van der Waals surface area contributed by atoms with E-state index in [2.05, 4.69) is 33.7 Å². The van der Waals surface area contributed by atoms with Gasteiger partial charge in [0.2, 0.25) is 0 Å². The molecule has 1 aromatic rings. The summed E-state index contributed by atoms with van der Waals surface area (Å²) in [4.78, 5) is 13.5. The summed E-state index contributed by atoms with van der Waals surface area (Å²) in [6.07, 6.45) is 3.90. The van der Waals surface area contributed by atoms with Gasteiger partial charge in [0, 0.05) is 37.4 Å². The number of likely N-dealkylation sites (tertiary alicyclic amines) is 1. The third-order valence-electron chi connectivity index (χ3n) is 4.76. The van der Waals surface area contributed by atoms with Crippen LogP contribution in [0.2, 0.25) is 0 Å². The Kier molecular flexibility index (Phi) is 3.65. The number of aryl methyl sites for hydroxylation is 1. The molecular formula is C15H24N4O. The van der Waals surface area contributed by atoms with Gasteiger partial charge in [0.25, 0.3) is 0 Å². The predicted octanol–water partition coefficient (Wildman–Crippen LogP) is 1.39. The maximum Gasteiger partial charge on any atom is 0.135 e. The van der Waals surface area contributed by atoms with E-state index in [1.54, 1.807) is 6.33 Å². The molecule has 0 atom stereocenters. The van der Waals surface area contributed by atoms with Crippen molar-refractivity contribution in [3.63, 3.8) is 0 Å². The molecule has 0 aromatic carbocycles. The molecule has 5 heteroatoms. The van der Waals surface area contributed by atoms with Crippen molar-refractivity contribution in [2.45, 2.75) is 32.3 Å². The number of ether oxygens (including phenoxy) is 1. The van der Waals surface area contributed by atoms with Crippen LogP contribution in [-0.2, 0) is 4.74 Å². The van der Waals surface area contributed by atoms with Crippen LogP contribution in [0, 0.1) is 13.8 Å². The number of anilines is 1. The second kappa shape index (κ2) is 5.30. The summed E-state index contributed by atoms with van der Waals surface area (Å²) < 4.78 is 6.16. The van der Waals surface area contributed by atoms with Gasteiger partial charge in [-0.15, -0.1) is 0 Å². The summed E-state index contributed by atoms with van der Waals surface area (Å²) in [5.74, 6) is 1.08. The molecule has 5 nitrogen and oxygen atoms in total. The number of hydrogen-bond acceptors (Lipinski definition) is 5. The molecule has 0 radical (unpaired) electrons. The van der Waals surface area contributed by atoms with E-state index in [4.69, 9.17) is 4.74 Å². The number of aromatic nitrogens is 2. The highest BCUT2D eigenvalue weighted by atomic mass is 16.5. The van der Waals surface area contributed by atoms with Gasteiger partial charge in [-0.05, 0) is 33.7 Å². The second-order valence-corrected chi connectivity index (χ2v) is 6.16. The van der Waals surface area contributed by atoms with Crippen LogP contribution in [0.1, 0.15) is 24.1 Å². The van der Waals surface area contributed by atoms with Crippen LogP contribution in [0.15, 0.2) is 6.33 Å². The highest BCUT2D eigenvalue weighted by molar-refractivity contribution is 5.48. The fourth-order valence-corrected chi connectivity index (χ4v) is 3.20. The molecule has 2 saturated heterocycles. The van der Waals surface area contributed by atoms with Gasteiger partial charge in [-0.1, -0.05) is 0 Å². The Bertz CT molecular complexity index is 483. The summed E-state index contributed by atoms with van der Waals surface area (Å²) in [7, 11) is 2.19. The maximum absolute atomic E-state index is 6.16. The van der Waals surface area contributed by atoms with Crippen molar-refractivity contribution < 1.29 is 4.74 Å². The quantitative estimate of drug-likeness (QED) is 0.775. The van der Waals surface area contributed by atoms with E-state index in [-0.39, 0.29) is 5.60 Å². The molecule has 2 aliphatic rings. The molecule has 0 saturated carbocycles. The van der Waals surface area contributed by atoms with Gasteiger partial charge < -0.3 is 14.5 Å². The molecule has 2 fully saturated rings. The minimum absolute atomic E-state index is 0.0239. The van der Waals surface area contributed by atoms with Crippen LogP contribution in [-0.4, -0.2) is 60.3 Å². The molecule has 0 bridgehead atoms. The average molecular weight is 276 g/mol. The number of rotatable bonds is 1. The van der Waals surface area contributed by atoms with Crippen molar-refractivity contribution in [3.8, 4) is 0 Å². The number of nitrogens with zero attached hydrogens (tertiary/aromatic N) is 4. The zero-order chi connectivity index (χ0) is 14.2. The van der Waals surface area contributed by atoms with Crippen LogP contribution >= 0.6 is 0 Å². The zero-order valence-corrected chi connectivity index (χ0v) is 12.7. The minimum atomic E-state index is 0.0239. The Morgan fingerprint density at radius 1 is 1.15 bits per heavy atom. The number of hydrogen-bond donors (Lipinski definition) is 0. The third kappa shape index (κ3) is 2.52. The molecule has 0 N–H and O–H groups in total. The smallest absolute Gasteiger partial charge is 0.135 e. The first-order valence-corrected chi connectivity index (χ1v) is 7.45. The topological polar surface area (TPSA) is 41.5 Å². The van der Waals surface area contributed by atoms with Crippen molar-refractivity contribution in [1.82, 2.24) is 14.9 Å². The van der Waals surface area contributed by atoms with Crippen molar-refractivity contribution >= 4 is 5.82 Å². The molecule has 1 spiro atoms. The van der Waals surface area contributed by atoms with Crippen LogP contribution in [0.5, 0.6) is 0 Å². The lowest BCUT2D eigenvalue weighted by atomic mass is 9.89. The fourth-order valence-electron chi connectivity index (χ4n) is 3.20. The van der Waals surface area contributed by atoms with E-state index >= 15 is 0 Å². The molecule has 0 unspecified atom stereocenters. The van der Waals surface area contributed by atoms with E-state index in [9.17, 15) is 0 Å². The van der Waals surface area contributed by atoms with Crippen LogP contribution in [0.3, 0.4) is 0 Å². The van der Waals surface area contributed by atoms with E-state index in [1.165, 1.54) is 5.56 Å². The lowest BCUT2D eigenvalue weighted by Crippen LogP contribution is -2.56. The first-order valence-electron chi connectivity index (χ1n) is 7.45. The Balaban J connectivity index is 1.80. The van der Waals surface area contributed by atoms with Crippen LogP contribution in [0.4, 0.5) is 5.82 Å². The first kappa shape index (κ1) is 13.8. The summed E-state index contributed by atoms with van der Waals surface area (Å²) >= 11 is 0. The third-order valence-corrected chi connectivity index (χ3v) is 4.76. The lowest BCUT2D eigenvalue weighted by molar-refractivity contribution is -0.0885. The summed E-state index contributed by atoms with van der Waals surface area (Å²) in [6.45, 7) is 9.08. The molecule has 3 rings (SSSR count). The van der Waals surface area contributed by atoms with Gasteiger partial charge in [-0.2, -0.15) is 0 Å². The van der Waals surface area contributed by atoms with Crippen LogP contribution < -0.4 is 4.90 Å². The van der Waals surface area contributed by atoms with Gasteiger partial charge in [0.1, 0.15) is 12.1 Å². The largest absolute Gasteiger partial charge is 0.371 e. The molecule has 110 valence electrons. The predicted molar refractivity (Wildman–Crippen MR) is 79.1 cm³/mol. The Hall–Kier alpha value is -1.20. The molecule has 0 amide bonds. The first-order chi connectivity index (χ1) is 9.60. The van der Waals surface area contributed by atoms with Crippen molar-refractivity contribution in [2.24, 2.45) is 0 Å². The van der Waals surface area contributed by atoms with E-state index in [0.717, 1.165) is 57.1 Å². The Morgan fingerprint density at radius 2 is 1.90 bits per heavy atom.